The molecule has 6 atom stereocenters. The van der Waals surface area contributed by atoms with Gasteiger partial charge < -0.3 is 19.3 Å². The Kier molecular flexibility index (Phi) is 10.7. The molecule has 9 rings (SSSR count). The molecule has 2 N–H and O–H groups in total. The number of fused-ring (bicyclic) bond motifs is 4. The molecule has 3 aliphatic heterocycles. The number of ether oxygens (including phenoxy) is 3. The van der Waals surface area contributed by atoms with Crippen LogP contribution in [0, 0.1) is 23.7 Å². The lowest BCUT2D eigenvalue weighted by Gasteiger charge is -2.50. The van der Waals surface area contributed by atoms with E-state index in [9.17, 15) is 14.7 Å². The van der Waals surface area contributed by atoms with Gasteiger partial charge in [-0.3, -0.25) is 34.4 Å². The number of allylic oxidation sites excluding steroid dienone is 2. The first-order valence-electron chi connectivity index (χ1n) is 20.5. The maximum Gasteiger partial charge on any atom is 0.260 e. The van der Waals surface area contributed by atoms with Crippen LogP contribution in [0.25, 0.3) is 0 Å². The lowest BCUT2D eigenvalue weighted by molar-refractivity contribution is -0.144. The lowest BCUT2D eigenvalue weighted by atomic mass is 9.49. The van der Waals surface area contributed by atoms with E-state index in [1.54, 1.807) is 55.6 Å². The summed E-state index contributed by atoms with van der Waals surface area (Å²) < 4.78 is 16.8. The normalized spacial score (nSPS) is 26.4. The van der Waals surface area contributed by atoms with Crippen molar-refractivity contribution in [2.45, 2.75) is 49.6 Å². The number of nitrogens with one attached hydrogen (secondary N) is 1. The number of anilines is 1. The van der Waals surface area contributed by atoms with Crippen molar-refractivity contribution in [2.24, 2.45) is 23.7 Å². The van der Waals surface area contributed by atoms with Crippen LogP contribution in [0.3, 0.4) is 0 Å². The molecule has 14 heteroatoms. The minimum Gasteiger partial charge on any atom is -0.502 e. The van der Waals surface area contributed by atoms with Crippen molar-refractivity contribution < 1.29 is 38.5 Å². The summed E-state index contributed by atoms with van der Waals surface area (Å²) in [6.45, 7) is 2.29. The van der Waals surface area contributed by atoms with E-state index in [0.29, 0.717) is 40.4 Å². The van der Waals surface area contributed by atoms with Crippen LogP contribution in [0.2, 0.25) is 10.0 Å². The molecule has 4 aromatic rings. The smallest absolute Gasteiger partial charge is 0.260 e. The fraction of sp³-hybridized carbons (Fsp3) is 0.362. The number of hydrazine groups is 1. The average Bonchev–Trinajstić information content (AvgIpc) is 3.65. The van der Waals surface area contributed by atoms with Crippen molar-refractivity contribution in [3.05, 3.63) is 123 Å². The molecule has 1 saturated carbocycles. The van der Waals surface area contributed by atoms with Crippen molar-refractivity contribution in [1.29, 1.82) is 0 Å². The van der Waals surface area contributed by atoms with Gasteiger partial charge in [-0.05, 0) is 90.8 Å². The molecular formula is C47H46Cl2N4O8. The van der Waals surface area contributed by atoms with Gasteiger partial charge in [-0.1, -0.05) is 77.3 Å². The van der Waals surface area contributed by atoms with Crippen molar-refractivity contribution in [2.75, 3.05) is 39.8 Å². The van der Waals surface area contributed by atoms with Crippen molar-refractivity contribution in [3.63, 3.8) is 0 Å². The summed E-state index contributed by atoms with van der Waals surface area (Å²) in [5.74, 6) is -4.82. The second-order valence-corrected chi connectivity index (χ2v) is 17.4. The highest BCUT2D eigenvalue weighted by atomic mass is 35.5. The lowest BCUT2D eigenvalue weighted by Crippen LogP contribution is -2.53. The molecule has 316 valence electrons. The van der Waals surface area contributed by atoms with Gasteiger partial charge in [0, 0.05) is 36.6 Å². The van der Waals surface area contributed by atoms with Crippen LogP contribution in [0.15, 0.2) is 96.6 Å². The summed E-state index contributed by atoms with van der Waals surface area (Å²) in [5, 5.41) is 12.7. The van der Waals surface area contributed by atoms with Crippen LogP contribution in [-0.4, -0.2) is 84.0 Å². The molecule has 0 radical (unpaired) electrons. The van der Waals surface area contributed by atoms with E-state index in [1.807, 2.05) is 24.3 Å². The standard InChI is InChI=1S/C47H46Cl2N4O8/c1-59-31-12-9-28(10-13-31)47-35(44(56)53(46(47)58)50-37-16-11-29(48)23-36(37)49)24-34-32(41(47)27-21-38(60-2)42(54)39(22-27)61-3)14-15-33-40(34)45(57)52(43(33)55)30-17-19-51(20-18-30)25-26-7-5-4-6-8-26/h4-14,16,21-23,30,33-35,40-41,50,54H,15,17-20,24-25H2,1-3H3. The van der Waals surface area contributed by atoms with Crippen molar-refractivity contribution >= 4 is 52.5 Å². The van der Waals surface area contributed by atoms with Gasteiger partial charge in [0.25, 0.3) is 11.8 Å². The number of nitrogens with zero attached hydrogens (tertiary/aromatic N) is 3. The van der Waals surface area contributed by atoms with Crippen LogP contribution in [-0.2, 0) is 31.1 Å². The van der Waals surface area contributed by atoms with E-state index in [4.69, 9.17) is 37.4 Å². The molecule has 4 aromatic carbocycles. The molecule has 0 bridgehead atoms. The van der Waals surface area contributed by atoms with Gasteiger partial charge in [-0.15, -0.1) is 0 Å². The average molecular weight is 866 g/mol. The third-order valence-corrected chi connectivity index (χ3v) is 14.2. The molecule has 0 aromatic heterocycles. The quantitative estimate of drug-likeness (QED) is 0.123. The maximum absolute atomic E-state index is 15.7. The van der Waals surface area contributed by atoms with E-state index in [0.717, 1.165) is 30.2 Å². The van der Waals surface area contributed by atoms with Gasteiger partial charge in [0.1, 0.15) is 5.75 Å². The topological polar surface area (TPSA) is 138 Å². The third kappa shape index (κ3) is 6.61. The number of piperidine rings is 1. The summed E-state index contributed by atoms with van der Waals surface area (Å²) in [6, 6.07) is 25.1. The molecule has 61 heavy (non-hydrogen) atoms. The number of carbonyl (C=O) groups is 4. The molecule has 5 aliphatic rings. The minimum atomic E-state index is -1.60. The summed E-state index contributed by atoms with van der Waals surface area (Å²) in [5.41, 5.74) is 4.75. The fourth-order valence-corrected chi connectivity index (χ4v) is 11.3. The molecular weight excluding hydrogens is 819 g/mol. The molecule has 12 nitrogen and oxygen atoms in total. The molecule has 4 fully saturated rings. The Morgan fingerprint density at radius 3 is 2.13 bits per heavy atom. The zero-order valence-corrected chi connectivity index (χ0v) is 35.5. The predicted octanol–water partition coefficient (Wildman–Crippen LogP) is 7.37. The Bertz CT molecular complexity index is 2410. The first-order valence-corrected chi connectivity index (χ1v) is 21.3. The number of aromatic hydroxyl groups is 1. The van der Waals surface area contributed by atoms with E-state index < -0.39 is 46.8 Å². The summed E-state index contributed by atoms with van der Waals surface area (Å²) in [6.07, 6.45) is 3.72. The van der Waals surface area contributed by atoms with Crippen molar-refractivity contribution in [1.82, 2.24) is 14.8 Å². The summed E-state index contributed by atoms with van der Waals surface area (Å²) in [4.78, 5) is 64.2. The van der Waals surface area contributed by atoms with Crippen molar-refractivity contribution in [3.8, 4) is 23.0 Å². The largest absolute Gasteiger partial charge is 0.502 e. The SMILES string of the molecule is COc1ccc(C23C(=O)N(Nc4ccc(Cl)cc4Cl)C(=O)C2CC2C(=CCC4C(=O)N(C5CCN(Cc6ccccc6)CC5)C(=O)C42)C3c2cc(OC)c(O)c(OC)c2)cc1. The number of phenols is 1. The zero-order chi connectivity index (χ0) is 42.7. The molecule has 3 saturated heterocycles. The number of benzene rings is 4. The van der Waals surface area contributed by atoms with Gasteiger partial charge in [0.2, 0.25) is 17.6 Å². The number of rotatable bonds is 10. The number of imide groups is 2. The number of phenolic OH excluding ortho intramolecular Hbond substituents is 1. The van der Waals surface area contributed by atoms with E-state index in [2.05, 4.69) is 22.5 Å². The van der Waals surface area contributed by atoms with E-state index in [-0.39, 0.29) is 53.0 Å². The predicted molar refractivity (Wildman–Crippen MR) is 228 cm³/mol. The number of carbonyl (C=O) groups excluding carboxylic acids is 4. The van der Waals surface area contributed by atoms with E-state index in [1.165, 1.54) is 30.7 Å². The van der Waals surface area contributed by atoms with Gasteiger partial charge in [-0.25, -0.2) is 0 Å². The van der Waals surface area contributed by atoms with Gasteiger partial charge in [0.15, 0.2) is 11.5 Å². The number of hydrogen-bond acceptors (Lipinski definition) is 10. The number of halogens is 2. The highest BCUT2D eigenvalue weighted by Crippen LogP contribution is 2.65. The third-order valence-electron chi connectivity index (χ3n) is 13.6. The molecule has 3 heterocycles. The molecule has 6 unspecified atom stereocenters. The van der Waals surface area contributed by atoms with Crippen LogP contribution in [0.5, 0.6) is 23.0 Å². The maximum atomic E-state index is 15.7. The summed E-state index contributed by atoms with van der Waals surface area (Å²) in [7, 11) is 4.39. The highest BCUT2D eigenvalue weighted by molar-refractivity contribution is 6.36. The first kappa shape index (κ1) is 40.8. The summed E-state index contributed by atoms with van der Waals surface area (Å²) >= 11 is 12.8. The fourth-order valence-electron chi connectivity index (χ4n) is 10.9. The Morgan fingerprint density at radius 1 is 0.803 bits per heavy atom. The Hall–Kier alpha value is -5.56. The van der Waals surface area contributed by atoms with E-state index >= 15 is 9.59 Å². The Balaban J connectivity index is 1.15. The van der Waals surface area contributed by atoms with Crippen LogP contribution in [0.4, 0.5) is 5.69 Å². The second-order valence-electron chi connectivity index (χ2n) is 16.5. The van der Waals surface area contributed by atoms with Gasteiger partial charge >= 0.3 is 0 Å². The molecule has 0 spiro atoms. The number of amides is 4. The Labute approximate surface area is 363 Å². The van der Waals surface area contributed by atoms with Crippen LogP contribution < -0.4 is 19.6 Å². The van der Waals surface area contributed by atoms with Gasteiger partial charge in [0.05, 0.1) is 55.2 Å². The second kappa shape index (κ2) is 16.0. The monoisotopic (exact) mass is 864 g/mol. The minimum absolute atomic E-state index is 0.101. The molecule has 4 amide bonds. The molecule has 2 aliphatic carbocycles. The Morgan fingerprint density at radius 2 is 1.49 bits per heavy atom. The van der Waals surface area contributed by atoms with Crippen LogP contribution in [0.1, 0.15) is 48.3 Å². The highest BCUT2D eigenvalue weighted by Gasteiger charge is 2.70. The first-order chi connectivity index (χ1) is 29.5. The zero-order valence-electron chi connectivity index (χ0n) is 34.0. The number of likely N-dealkylation sites (tertiary alicyclic amines) is 2. The van der Waals surface area contributed by atoms with Gasteiger partial charge in [-0.2, -0.15) is 5.01 Å². The number of hydrogen-bond donors (Lipinski definition) is 2. The van der Waals surface area contributed by atoms with Crippen LogP contribution >= 0.6 is 23.2 Å². The number of methoxy groups -OCH3 is 3.